The summed E-state index contributed by atoms with van der Waals surface area (Å²) in [4.78, 5) is 0. The van der Waals surface area contributed by atoms with E-state index in [-0.39, 0.29) is 40.6 Å². The fraction of sp³-hybridized carbons (Fsp3) is 0.593. The Morgan fingerprint density at radius 2 is 0.412 bits per heavy atom. The average Bonchev–Trinajstić information content (AvgIpc) is 3.22. The van der Waals surface area contributed by atoms with Crippen molar-refractivity contribution in [3.05, 3.63) is 58.7 Å². The zero-order valence-corrected chi connectivity index (χ0v) is 63.4. The molecule has 0 aliphatic heterocycles. The van der Waals surface area contributed by atoms with E-state index in [0.29, 0.717) is 0 Å². The van der Waals surface area contributed by atoms with Crippen molar-refractivity contribution in [3.8, 4) is 0 Å². The molecular formula is C54H99Cl3Si10Ti. The van der Waals surface area contributed by atoms with Crippen LogP contribution in [-0.2, 0) is 20.4 Å². The summed E-state index contributed by atoms with van der Waals surface area (Å²) in [6.45, 7) is 83.2. The van der Waals surface area contributed by atoms with Crippen LogP contribution in [0.25, 0.3) is 0 Å². The predicted molar refractivity (Wildman–Crippen MR) is 330 cm³/mol. The molecule has 4 rings (SSSR count). The smallest absolute Gasteiger partial charge is 1.00 e. The summed E-state index contributed by atoms with van der Waals surface area (Å²) in [5.41, 5.74) is 6.41. The molecule has 0 spiro atoms. The second-order valence-electron chi connectivity index (χ2n) is 30.0. The number of halogens is 3. The Morgan fingerprint density at radius 1 is 0.265 bits per heavy atom. The fourth-order valence-corrected chi connectivity index (χ4v) is 55.2. The number of rotatable bonds is 13. The van der Waals surface area contributed by atoms with E-state index < -0.39 is 80.7 Å². The minimum absolute atomic E-state index is 0. The van der Waals surface area contributed by atoms with Crippen LogP contribution in [0.2, 0.25) is 180 Å². The Kier molecular flexibility index (Phi) is 20.5. The Bertz CT molecular complexity index is 2190. The summed E-state index contributed by atoms with van der Waals surface area (Å²) in [6.07, 6.45) is 0. The fourth-order valence-electron chi connectivity index (χ4n) is 12.3. The first-order valence-electron chi connectivity index (χ1n) is 25.2. The van der Waals surface area contributed by atoms with Crippen molar-refractivity contribution < 1.29 is 57.7 Å². The van der Waals surface area contributed by atoms with E-state index in [0.717, 1.165) is 0 Å². The van der Waals surface area contributed by atoms with Gasteiger partial charge in [-0.3, -0.25) is 0 Å². The first-order chi connectivity index (χ1) is 28.6. The summed E-state index contributed by atoms with van der Waals surface area (Å²) in [5, 5.41) is 22.0. The third-order valence-electron chi connectivity index (χ3n) is 15.1. The molecule has 68 heavy (non-hydrogen) atoms. The van der Waals surface area contributed by atoms with Crippen LogP contribution in [0.15, 0.2) is 58.7 Å². The van der Waals surface area contributed by atoms with E-state index in [1.54, 1.807) is 37.9 Å². The van der Waals surface area contributed by atoms with E-state index in [9.17, 15) is 0 Å². The minimum Gasteiger partial charge on any atom is -1.00 e. The van der Waals surface area contributed by atoms with Gasteiger partial charge in [-0.25, -0.2) is 0 Å². The summed E-state index contributed by atoms with van der Waals surface area (Å²) in [5.74, 6) is 0. The molecular weight excluding hydrogens is 1080 g/mol. The van der Waals surface area contributed by atoms with Crippen LogP contribution in [0.5, 0.6) is 0 Å². The summed E-state index contributed by atoms with van der Waals surface area (Å²) >= 11 is 2.85. The van der Waals surface area contributed by atoms with Crippen molar-refractivity contribution in [1.82, 2.24) is 0 Å². The van der Waals surface area contributed by atoms with Gasteiger partial charge < -0.3 is 37.2 Å². The van der Waals surface area contributed by atoms with Crippen LogP contribution in [0.4, 0.5) is 0 Å². The van der Waals surface area contributed by atoms with Gasteiger partial charge >= 0.3 is 430 Å². The molecule has 14 heteroatoms. The van der Waals surface area contributed by atoms with Gasteiger partial charge in [-0.05, 0) is 0 Å². The predicted octanol–water partition coefficient (Wildman–Crippen LogP) is 1.01. The Hall–Kier alpha value is 0.893. The van der Waals surface area contributed by atoms with Crippen molar-refractivity contribution >= 4 is 143 Å². The van der Waals surface area contributed by atoms with Crippen LogP contribution in [0, 0.1) is 0 Å². The normalized spacial score (nSPS) is 15.9. The van der Waals surface area contributed by atoms with Crippen molar-refractivity contribution in [2.24, 2.45) is 0 Å². The molecule has 0 atom stereocenters. The van der Waals surface area contributed by atoms with Crippen LogP contribution < -0.4 is 99.5 Å². The van der Waals surface area contributed by atoms with Gasteiger partial charge in [0.15, 0.2) is 0 Å². The zero-order valence-electron chi connectivity index (χ0n) is 49.6. The Morgan fingerprint density at radius 3 is 0.559 bits per heavy atom. The van der Waals surface area contributed by atoms with Gasteiger partial charge in [-0.2, -0.15) is 0 Å². The molecule has 0 fully saturated rings. The second-order valence-corrected chi connectivity index (χ2v) is 80.9. The topological polar surface area (TPSA) is 0 Å². The van der Waals surface area contributed by atoms with Crippen LogP contribution in [-0.4, -0.2) is 80.7 Å². The number of benzene rings is 3. The summed E-state index contributed by atoms with van der Waals surface area (Å²) in [6, 6.07) is 17.1. The molecule has 3 aromatic rings. The van der Waals surface area contributed by atoms with Crippen molar-refractivity contribution in [1.29, 1.82) is 0 Å². The first-order valence-corrected chi connectivity index (χ1v) is 59.5. The van der Waals surface area contributed by atoms with Gasteiger partial charge in [0.2, 0.25) is 0 Å². The third-order valence-corrected chi connectivity index (χ3v) is 44.1. The molecule has 380 valence electrons. The maximum atomic E-state index is 2.90. The maximum Gasteiger partial charge on any atom is -1.00 e. The molecule has 0 bridgehead atoms. The van der Waals surface area contributed by atoms with Crippen LogP contribution in [0.1, 0.15) is 27.7 Å². The second kappa shape index (κ2) is 20.8. The van der Waals surface area contributed by atoms with E-state index in [2.05, 4.69) is 261 Å². The monoisotopic (exact) mass is 1180 g/mol. The van der Waals surface area contributed by atoms with Gasteiger partial charge in [0, 0.05) is 0 Å². The molecule has 1 aliphatic carbocycles. The maximum absolute atomic E-state index is 3.26. The Balaban J connectivity index is 0.00000771. The largest absolute Gasteiger partial charge is 1.00 e. The molecule has 0 nitrogen and oxygen atoms in total. The van der Waals surface area contributed by atoms with Crippen molar-refractivity contribution in [3.63, 3.8) is 0 Å². The molecule has 0 radical (unpaired) electrons. The molecule has 0 saturated carbocycles. The van der Waals surface area contributed by atoms with E-state index in [4.69, 9.17) is 0 Å². The molecule has 0 N–H and O–H groups in total. The molecule has 1 aliphatic rings. The Labute approximate surface area is 462 Å². The molecule has 0 aromatic heterocycles. The van der Waals surface area contributed by atoms with Gasteiger partial charge in [-0.1, -0.05) is 0 Å². The van der Waals surface area contributed by atoms with E-state index in [1.807, 2.05) is 46.7 Å². The molecule has 3 aromatic carbocycles. The summed E-state index contributed by atoms with van der Waals surface area (Å²) < 4.78 is -0.176. The van der Waals surface area contributed by atoms with Crippen molar-refractivity contribution in [2.45, 2.75) is 208 Å². The SMILES string of the molecule is CC1=C(C)[C]([Ti+3])([Si](c2ccc([Si](C)(C)C)c([Si](C)(C)C)c2[Si](C)(C)C)(c2ccc([Si](C)(C)C)c([Si](C)(C)C)c2[Si](C)(C)C)c2ccc([Si](C)(C)C)c([Si](C)(C)C)c2[Si](C)(C)C)C(C)=C1C.[Cl-].[Cl-].[Cl-]. The number of allylic oxidation sites excluding steroid dienone is 4. The first kappa shape index (κ1) is 66.9. The average molecular weight is 1180 g/mol. The van der Waals surface area contributed by atoms with Gasteiger partial charge in [-0.15, -0.1) is 0 Å². The van der Waals surface area contributed by atoms with E-state index >= 15 is 0 Å². The molecule has 0 amide bonds. The zero-order chi connectivity index (χ0) is 51.0. The number of hydrogen-bond donors (Lipinski definition) is 0. The van der Waals surface area contributed by atoms with Crippen LogP contribution >= 0.6 is 0 Å². The number of hydrogen-bond acceptors (Lipinski definition) is 0. The van der Waals surface area contributed by atoms with Crippen molar-refractivity contribution in [2.75, 3.05) is 0 Å². The van der Waals surface area contributed by atoms with E-state index in [1.165, 1.54) is 0 Å². The molecule has 0 saturated heterocycles. The molecule has 0 unspecified atom stereocenters. The van der Waals surface area contributed by atoms with Gasteiger partial charge in [0.25, 0.3) is 0 Å². The standard InChI is InChI=1S/C54H99Si10.3ClH.Ti/c1-38-39(2)41(4)48(40(38)3)64(45-35-32-42(55(5,6)7)49(58(14,15)16)52(45)61(23,24)25,46-36-33-43(56(8,9)10)50(59(17,18)19)53(46)62(26,27)28)47-37-34-44(57(11,12)13)51(60(20,21)22)54(47)63(29,30)31;;;;/h32-37H,1-31H3;3*1H;/q;;;;+3/p-3. The van der Waals surface area contributed by atoms with Gasteiger partial charge in [0.05, 0.1) is 0 Å². The quantitative estimate of drug-likeness (QED) is 0.178. The van der Waals surface area contributed by atoms with Gasteiger partial charge in [0.1, 0.15) is 0 Å². The summed E-state index contributed by atoms with van der Waals surface area (Å²) in [7, 11) is -20.5. The third kappa shape index (κ3) is 11.8. The minimum atomic E-state index is -3.26. The van der Waals surface area contributed by atoms with Crippen LogP contribution in [0.3, 0.4) is 0 Å². The molecule has 0 heterocycles.